The molecule has 0 aromatic rings. The fourth-order valence-electron chi connectivity index (χ4n) is 2.64. The minimum atomic E-state index is -7.86. The summed E-state index contributed by atoms with van der Waals surface area (Å²) in [5, 5.41) is 10.2. The van der Waals surface area contributed by atoms with Crippen LogP contribution >= 0.6 is 0 Å². The van der Waals surface area contributed by atoms with Gasteiger partial charge in [-0.1, -0.05) is 38.5 Å². The summed E-state index contributed by atoms with van der Waals surface area (Å²) in [6, 6.07) is 0. The van der Waals surface area contributed by atoms with E-state index >= 15 is 0 Å². The van der Waals surface area contributed by atoms with Gasteiger partial charge in [-0.2, -0.15) is 57.1 Å². The summed E-state index contributed by atoms with van der Waals surface area (Å²) < 4.78 is 168. The van der Waals surface area contributed by atoms with E-state index in [9.17, 15) is 67.0 Å². The molecular formula is C17H20F13NaO2. The van der Waals surface area contributed by atoms with E-state index in [-0.39, 0.29) is 48.8 Å². The van der Waals surface area contributed by atoms with Crippen LogP contribution in [0, 0.1) is 0 Å². The Morgan fingerprint density at radius 1 is 0.515 bits per heavy atom. The van der Waals surface area contributed by atoms with Gasteiger partial charge in [-0.05, 0) is 19.3 Å². The molecule has 0 bridgehead atoms. The zero-order valence-corrected chi connectivity index (χ0v) is 19.3. The van der Waals surface area contributed by atoms with E-state index in [2.05, 4.69) is 0 Å². The van der Waals surface area contributed by atoms with E-state index in [0.717, 1.165) is 0 Å². The normalized spacial score (nSPS) is 14.2. The van der Waals surface area contributed by atoms with Crippen LogP contribution in [0.1, 0.15) is 64.2 Å². The van der Waals surface area contributed by atoms with Crippen LogP contribution in [-0.2, 0) is 4.79 Å². The maximum absolute atomic E-state index is 13.5. The van der Waals surface area contributed by atoms with Crippen LogP contribution in [-0.4, -0.2) is 41.8 Å². The van der Waals surface area contributed by atoms with Crippen LogP contribution in [0.5, 0.6) is 0 Å². The number of halogens is 13. The predicted molar refractivity (Wildman–Crippen MR) is 82.0 cm³/mol. The number of rotatable bonds is 15. The van der Waals surface area contributed by atoms with E-state index in [4.69, 9.17) is 0 Å². The van der Waals surface area contributed by atoms with Gasteiger partial charge in [-0.3, -0.25) is 0 Å². The van der Waals surface area contributed by atoms with Crippen LogP contribution in [0.3, 0.4) is 0 Å². The summed E-state index contributed by atoms with van der Waals surface area (Å²) in [7, 11) is 0. The number of carboxylic acids is 1. The molecule has 192 valence electrons. The van der Waals surface area contributed by atoms with Crippen LogP contribution in [0.25, 0.3) is 0 Å². The first kappa shape index (κ1) is 34.7. The minimum absolute atomic E-state index is 0. The number of alkyl halides is 13. The molecule has 0 N–H and O–H groups in total. The van der Waals surface area contributed by atoms with E-state index in [1.54, 1.807) is 0 Å². The number of hydrogen-bond donors (Lipinski definition) is 0. The molecule has 0 aromatic carbocycles. The largest absolute Gasteiger partial charge is 1.00 e. The SMILES string of the molecule is O=C([O-])CCCCCCCCCCC(F)(F)C(F)(F)C(F)(F)C(F)(F)C(F)(F)C(F)(F)F.[Na+]. The number of hydrogen-bond acceptors (Lipinski definition) is 2. The van der Waals surface area contributed by atoms with Crippen molar-refractivity contribution < 1.29 is 96.5 Å². The van der Waals surface area contributed by atoms with Crippen LogP contribution in [0.4, 0.5) is 57.1 Å². The fraction of sp³-hybridized carbons (Fsp3) is 0.941. The average molecular weight is 526 g/mol. The smallest absolute Gasteiger partial charge is 0.550 e. The molecule has 0 radical (unpaired) electrons. The second-order valence-corrected chi connectivity index (χ2v) is 7.20. The van der Waals surface area contributed by atoms with Crippen molar-refractivity contribution in [1.29, 1.82) is 0 Å². The number of carboxylic acid groups (broad SMARTS) is 1. The quantitative estimate of drug-likeness (QED) is 0.187. The summed E-state index contributed by atoms with van der Waals surface area (Å²) >= 11 is 0. The van der Waals surface area contributed by atoms with Crippen molar-refractivity contribution in [2.75, 3.05) is 0 Å². The maximum atomic E-state index is 13.5. The molecule has 0 rings (SSSR count). The molecule has 0 unspecified atom stereocenters. The van der Waals surface area contributed by atoms with Gasteiger partial charge in [0.05, 0.1) is 0 Å². The van der Waals surface area contributed by atoms with Crippen molar-refractivity contribution in [3.63, 3.8) is 0 Å². The Hall–Kier alpha value is -0.440. The first-order chi connectivity index (χ1) is 14.2. The summed E-state index contributed by atoms with van der Waals surface area (Å²) in [6.45, 7) is 0. The molecule has 0 aromatic heterocycles. The molecular weight excluding hydrogens is 506 g/mol. The van der Waals surface area contributed by atoms with Crippen LogP contribution in [0.15, 0.2) is 0 Å². The van der Waals surface area contributed by atoms with Crippen molar-refractivity contribution in [3.05, 3.63) is 0 Å². The molecule has 0 aliphatic carbocycles. The molecule has 0 heterocycles. The maximum Gasteiger partial charge on any atom is 1.00 e. The number of carbonyl (C=O) groups excluding carboxylic acids is 1. The van der Waals surface area contributed by atoms with E-state index < -0.39 is 54.6 Å². The molecule has 16 heteroatoms. The Kier molecular flexibility index (Phi) is 13.2. The van der Waals surface area contributed by atoms with Gasteiger partial charge in [0, 0.05) is 12.4 Å². The van der Waals surface area contributed by atoms with Gasteiger partial charge in [0.15, 0.2) is 0 Å². The predicted octanol–water partition coefficient (Wildman–Crippen LogP) is 3.38. The zero-order chi connectivity index (χ0) is 25.6. The van der Waals surface area contributed by atoms with Gasteiger partial charge in [0.2, 0.25) is 0 Å². The van der Waals surface area contributed by atoms with Crippen LogP contribution < -0.4 is 34.7 Å². The molecule has 33 heavy (non-hydrogen) atoms. The third kappa shape index (κ3) is 8.04. The average Bonchev–Trinajstić information content (AvgIpc) is 2.61. The molecule has 0 spiro atoms. The van der Waals surface area contributed by atoms with Crippen molar-refractivity contribution in [2.45, 2.75) is 100.0 Å². The molecule has 0 amide bonds. The monoisotopic (exact) mass is 526 g/mol. The van der Waals surface area contributed by atoms with Gasteiger partial charge < -0.3 is 9.90 Å². The number of unbranched alkanes of at least 4 members (excludes halogenated alkanes) is 7. The summed E-state index contributed by atoms with van der Waals surface area (Å²) in [5.74, 6) is -37.8. The Labute approximate surface area is 202 Å². The number of carbonyl (C=O) groups is 1. The second-order valence-electron chi connectivity index (χ2n) is 7.20. The first-order valence-corrected chi connectivity index (χ1v) is 9.32. The molecule has 0 saturated heterocycles. The molecule has 0 atom stereocenters. The third-order valence-electron chi connectivity index (χ3n) is 4.62. The van der Waals surface area contributed by atoms with E-state index in [1.807, 2.05) is 0 Å². The molecule has 0 aliphatic heterocycles. The molecule has 0 saturated carbocycles. The zero-order valence-electron chi connectivity index (χ0n) is 17.3. The van der Waals surface area contributed by atoms with Gasteiger partial charge >= 0.3 is 65.3 Å². The van der Waals surface area contributed by atoms with Gasteiger partial charge in [-0.15, -0.1) is 0 Å². The van der Waals surface area contributed by atoms with Gasteiger partial charge in [0.1, 0.15) is 0 Å². The Bertz CT molecular complexity index is 606. The van der Waals surface area contributed by atoms with E-state index in [0.29, 0.717) is 32.1 Å². The number of aliphatic carboxylic acids is 1. The summed E-state index contributed by atoms with van der Waals surface area (Å²) in [6.07, 6.45) is -8.62. The minimum Gasteiger partial charge on any atom is -0.550 e. The molecule has 2 nitrogen and oxygen atoms in total. The van der Waals surface area contributed by atoms with Crippen molar-refractivity contribution in [1.82, 2.24) is 0 Å². The van der Waals surface area contributed by atoms with Crippen molar-refractivity contribution in [3.8, 4) is 0 Å². The first-order valence-electron chi connectivity index (χ1n) is 9.32. The van der Waals surface area contributed by atoms with Crippen molar-refractivity contribution in [2.24, 2.45) is 0 Å². The topological polar surface area (TPSA) is 40.1 Å². The fourth-order valence-corrected chi connectivity index (χ4v) is 2.64. The third-order valence-corrected chi connectivity index (χ3v) is 4.62. The van der Waals surface area contributed by atoms with E-state index in [1.165, 1.54) is 0 Å². The Balaban J connectivity index is 0. The van der Waals surface area contributed by atoms with Crippen LogP contribution in [0.2, 0.25) is 0 Å². The molecule has 0 aliphatic rings. The van der Waals surface area contributed by atoms with Crippen molar-refractivity contribution >= 4 is 5.97 Å². The van der Waals surface area contributed by atoms with Gasteiger partial charge in [-0.25, -0.2) is 0 Å². The molecule has 0 fully saturated rings. The summed E-state index contributed by atoms with van der Waals surface area (Å²) in [5.41, 5.74) is 0. The van der Waals surface area contributed by atoms with Gasteiger partial charge in [0.25, 0.3) is 0 Å². The Morgan fingerprint density at radius 2 is 0.848 bits per heavy atom. The Morgan fingerprint density at radius 3 is 1.21 bits per heavy atom. The standard InChI is InChI=1S/C17H21F13O2.Na/c18-12(19,10-8-6-4-2-1-3-5-7-9-11(31)32)13(20,21)14(22,23)15(24,25)16(26,27)17(28,29)30;/h1-10H2,(H,31,32);/q;+1/p-1. The summed E-state index contributed by atoms with van der Waals surface area (Å²) in [4.78, 5) is 10.2. The second kappa shape index (κ2) is 12.5.